The van der Waals surface area contributed by atoms with Crippen LogP contribution >= 0.6 is 0 Å². The predicted molar refractivity (Wildman–Crippen MR) is 138 cm³/mol. The Labute approximate surface area is 216 Å². The number of aromatic nitrogens is 3. The van der Waals surface area contributed by atoms with Crippen LogP contribution in [0.5, 0.6) is 0 Å². The second kappa shape index (κ2) is 11.3. The summed E-state index contributed by atoms with van der Waals surface area (Å²) in [5.41, 5.74) is 1.94. The van der Waals surface area contributed by atoms with Gasteiger partial charge in [-0.05, 0) is 38.3 Å². The fraction of sp³-hybridized carbons (Fsp3) is 0.577. The topological polar surface area (TPSA) is 130 Å². The lowest BCUT2D eigenvalue weighted by Crippen LogP contribution is -2.54. The summed E-state index contributed by atoms with van der Waals surface area (Å²) in [7, 11) is 0. The summed E-state index contributed by atoms with van der Waals surface area (Å²) in [5.74, 6) is 0.920. The zero-order chi connectivity index (χ0) is 25.8. The lowest BCUT2D eigenvalue weighted by molar-refractivity contribution is -0.138. The summed E-state index contributed by atoms with van der Waals surface area (Å²) in [6.45, 7) is 7.44. The molecule has 0 radical (unpaired) electrons. The maximum Gasteiger partial charge on any atom is 0.269 e. The molecule has 0 saturated carbocycles. The second-order valence-corrected chi connectivity index (χ2v) is 10.1. The van der Waals surface area contributed by atoms with E-state index in [4.69, 9.17) is 10.00 Å². The third-order valence-corrected chi connectivity index (χ3v) is 7.74. The molecule has 2 aromatic heterocycles. The third-order valence-electron chi connectivity index (χ3n) is 7.74. The molecule has 0 bridgehead atoms. The number of carbonyl (C=O) groups is 1. The number of anilines is 2. The molecule has 3 aliphatic heterocycles. The van der Waals surface area contributed by atoms with Gasteiger partial charge in [0.2, 0.25) is 5.91 Å². The van der Waals surface area contributed by atoms with Crippen molar-refractivity contribution >= 4 is 17.4 Å². The van der Waals surface area contributed by atoms with E-state index >= 15 is 0 Å². The number of hydrogen-bond acceptors (Lipinski definition) is 9. The maximum atomic E-state index is 13.3. The van der Waals surface area contributed by atoms with Gasteiger partial charge in [-0.25, -0.2) is 10.1 Å². The standard InChI is InChI=1S/C26H34N8O3/c1-18-23(16-30-31-25(18)35)34-6-2-3-21(34)17-37-22-11-20(14-28-15-22)26(36)33-9-7-32(8-10-33)24-5-4-19(12-27)13-29-24/h4-5,13,16,20-22,28H,2-3,6-11,14-15,17H2,1H3,(H,31,35)/t20-,21-,22+/m0/s1. The average molecular weight is 507 g/mol. The third kappa shape index (κ3) is 5.60. The highest BCUT2D eigenvalue weighted by Crippen LogP contribution is 2.27. The number of pyridine rings is 1. The van der Waals surface area contributed by atoms with E-state index in [-0.39, 0.29) is 29.5 Å². The highest BCUT2D eigenvalue weighted by atomic mass is 16.5. The summed E-state index contributed by atoms with van der Waals surface area (Å²) in [6, 6.07) is 5.92. The van der Waals surface area contributed by atoms with Crippen molar-refractivity contribution in [3.63, 3.8) is 0 Å². The van der Waals surface area contributed by atoms with Crippen LogP contribution in [0.1, 0.15) is 30.4 Å². The van der Waals surface area contributed by atoms with E-state index in [1.807, 2.05) is 17.9 Å². The highest BCUT2D eigenvalue weighted by Gasteiger charge is 2.34. The van der Waals surface area contributed by atoms with Crippen molar-refractivity contribution in [2.75, 3.05) is 62.2 Å². The van der Waals surface area contributed by atoms with Crippen LogP contribution in [0.4, 0.5) is 11.5 Å². The molecule has 5 rings (SSSR count). The first-order valence-corrected chi connectivity index (χ1v) is 13.1. The van der Waals surface area contributed by atoms with Gasteiger partial charge in [-0.1, -0.05) is 0 Å². The van der Waals surface area contributed by atoms with Gasteiger partial charge in [0.15, 0.2) is 0 Å². The Morgan fingerprint density at radius 3 is 2.78 bits per heavy atom. The Balaban J connectivity index is 1.12. The largest absolute Gasteiger partial charge is 0.375 e. The smallest absolute Gasteiger partial charge is 0.269 e. The minimum Gasteiger partial charge on any atom is -0.375 e. The first kappa shape index (κ1) is 25.2. The summed E-state index contributed by atoms with van der Waals surface area (Å²) < 4.78 is 6.33. The molecule has 0 spiro atoms. The molecule has 3 aliphatic rings. The molecule has 0 aliphatic carbocycles. The first-order valence-electron chi connectivity index (χ1n) is 13.1. The molecule has 0 unspecified atom stereocenters. The number of piperidine rings is 1. The average Bonchev–Trinajstić information content (AvgIpc) is 3.42. The summed E-state index contributed by atoms with van der Waals surface area (Å²) in [6.07, 6.45) is 6.06. The van der Waals surface area contributed by atoms with Crippen LogP contribution < -0.4 is 20.7 Å². The van der Waals surface area contributed by atoms with E-state index in [1.54, 1.807) is 18.5 Å². The number of nitrogens with zero attached hydrogens (tertiary/aromatic N) is 6. The van der Waals surface area contributed by atoms with E-state index in [1.165, 1.54) is 0 Å². The minimum absolute atomic E-state index is 0.0207. The molecule has 0 aromatic carbocycles. The van der Waals surface area contributed by atoms with Crippen molar-refractivity contribution in [3.8, 4) is 6.07 Å². The minimum atomic E-state index is -0.157. The number of carbonyl (C=O) groups excluding carboxylic acids is 1. The molecule has 11 heteroatoms. The van der Waals surface area contributed by atoms with Gasteiger partial charge in [0.05, 0.1) is 42.1 Å². The summed E-state index contributed by atoms with van der Waals surface area (Å²) >= 11 is 0. The molecule has 1 amide bonds. The summed E-state index contributed by atoms with van der Waals surface area (Å²) in [5, 5.41) is 18.8. The van der Waals surface area contributed by atoms with Crippen LogP contribution in [0.15, 0.2) is 29.3 Å². The maximum absolute atomic E-state index is 13.3. The Hall–Kier alpha value is -3.49. The predicted octanol–water partition coefficient (Wildman–Crippen LogP) is 0.657. The van der Waals surface area contributed by atoms with Gasteiger partial charge in [-0.15, -0.1) is 0 Å². The first-order chi connectivity index (χ1) is 18.0. The molecule has 11 nitrogen and oxygen atoms in total. The highest BCUT2D eigenvalue weighted by molar-refractivity contribution is 5.79. The van der Waals surface area contributed by atoms with Crippen molar-refractivity contribution < 1.29 is 9.53 Å². The quantitative estimate of drug-likeness (QED) is 0.580. The fourth-order valence-corrected chi connectivity index (χ4v) is 5.58. The van der Waals surface area contributed by atoms with Crippen molar-refractivity contribution in [1.29, 1.82) is 5.26 Å². The lowest BCUT2D eigenvalue weighted by Gasteiger charge is -2.39. The lowest BCUT2D eigenvalue weighted by atomic mass is 9.95. The van der Waals surface area contributed by atoms with Gasteiger partial charge < -0.3 is 24.8 Å². The van der Waals surface area contributed by atoms with Crippen molar-refractivity contribution in [3.05, 3.63) is 46.0 Å². The van der Waals surface area contributed by atoms with Crippen molar-refractivity contribution in [1.82, 2.24) is 25.4 Å². The van der Waals surface area contributed by atoms with Crippen LogP contribution in [0.3, 0.4) is 0 Å². The molecule has 3 saturated heterocycles. The SMILES string of the molecule is Cc1c(N2CCC[C@H]2CO[C@H]2CNC[C@@H](C(=O)N3CCN(c4ccc(C#N)cn4)CC3)C2)cn[nH]c1=O. The van der Waals surface area contributed by atoms with Gasteiger partial charge in [-0.2, -0.15) is 10.4 Å². The number of nitriles is 1. The van der Waals surface area contributed by atoms with Crippen LogP contribution in [-0.2, 0) is 9.53 Å². The molecule has 3 fully saturated rings. The van der Waals surface area contributed by atoms with E-state index in [2.05, 4.69) is 36.4 Å². The Morgan fingerprint density at radius 1 is 1.19 bits per heavy atom. The number of ether oxygens (including phenoxy) is 1. The normalized spacial score (nSPS) is 24.2. The van der Waals surface area contributed by atoms with Gasteiger partial charge in [0.1, 0.15) is 11.9 Å². The van der Waals surface area contributed by atoms with Crippen LogP contribution in [0, 0.1) is 24.2 Å². The van der Waals surface area contributed by atoms with Gasteiger partial charge in [-0.3, -0.25) is 9.59 Å². The van der Waals surface area contributed by atoms with E-state index in [0.717, 1.165) is 50.5 Å². The molecular weight excluding hydrogens is 472 g/mol. The molecule has 5 heterocycles. The zero-order valence-electron chi connectivity index (χ0n) is 21.2. The second-order valence-electron chi connectivity index (χ2n) is 10.1. The zero-order valence-corrected chi connectivity index (χ0v) is 21.2. The van der Waals surface area contributed by atoms with Crippen LogP contribution in [-0.4, -0.2) is 90.6 Å². The molecular formula is C26H34N8O3. The Bertz CT molecular complexity index is 1190. The number of amides is 1. The van der Waals surface area contributed by atoms with E-state index < -0.39 is 0 Å². The number of aromatic amines is 1. The number of rotatable bonds is 6. The molecule has 2 aromatic rings. The Kier molecular flexibility index (Phi) is 7.67. The number of piperazine rings is 1. The molecule has 2 N–H and O–H groups in total. The van der Waals surface area contributed by atoms with E-state index in [9.17, 15) is 9.59 Å². The van der Waals surface area contributed by atoms with Gasteiger partial charge in [0.25, 0.3) is 5.56 Å². The molecule has 196 valence electrons. The molecule has 3 atom stereocenters. The van der Waals surface area contributed by atoms with Crippen LogP contribution in [0.2, 0.25) is 0 Å². The number of H-pyrrole nitrogens is 1. The fourth-order valence-electron chi connectivity index (χ4n) is 5.58. The number of nitrogens with one attached hydrogen (secondary N) is 2. The Morgan fingerprint density at radius 2 is 2.03 bits per heavy atom. The van der Waals surface area contributed by atoms with Gasteiger partial charge in [0, 0.05) is 57.6 Å². The monoisotopic (exact) mass is 506 g/mol. The summed E-state index contributed by atoms with van der Waals surface area (Å²) in [4.78, 5) is 36.0. The van der Waals surface area contributed by atoms with Crippen molar-refractivity contribution in [2.45, 2.75) is 38.3 Å². The van der Waals surface area contributed by atoms with Gasteiger partial charge >= 0.3 is 0 Å². The van der Waals surface area contributed by atoms with Crippen LogP contribution in [0.25, 0.3) is 0 Å². The van der Waals surface area contributed by atoms with Crippen molar-refractivity contribution in [2.24, 2.45) is 5.92 Å². The molecule has 37 heavy (non-hydrogen) atoms. The number of hydrogen-bond donors (Lipinski definition) is 2. The van der Waals surface area contributed by atoms with E-state index in [0.29, 0.717) is 43.8 Å².